The second kappa shape index (κ2) is 10.8. The summed E-state index contributed by atoms with van der Waals surface area (Å²) in [6.07, 6.45) is 3.62. The van der Waals surface area contributed by atoms with E-state index in [1.807, 2.05) is 4.90 Å². The molecule has 7 nitrogen and oxygen atoms in total. The first-order chi connectivity index (χ1) is 13.7. The Labute approximate surface area is 174 Å². The predicted octanol–water partition coefficient (Wildman–Crippen LogP) is 1.99. The summed E-state index contributed by atoms with van der Waals surface area (Å²) >= 11 is 0. The number of piperazine rings is 1. The van der Waals surface area contributed by atoms with Crippen LogP contribution < -0.4 is 5.32 Å². The minimum absolute atomic E-state index is 0.0131. The molecule has 2 rings (SSSR count). The molecular formula is C22H37N3O4. The fourth-order valence-electron chi connectivity index (χ4n) is 4.44. The van der Waals surface area contributed by atoms with E-state index >= 15 is 0 Å². The van der Waals surface area contributed by atoms with E-state index in [4.69, 9.17) is 5.11 Å². The molecule has 2 aliphatic rings. The molecule has 1 fully saturated rings. The van der Waals surface area contributed by atoms with E-state index in [2.05, 4.69) is 44.1 Å². The van der Waals surface area contributed by atoms with Gasteiger partial charge in [-0.3, -0.25) is 14.4 Å². The van der Waals surface area contributed by atoms with E-state index in [9.17, 15) is 14.4 Å². The topological polar surface area (TPSA) is 89.9 Å². The second-order valence-electron chi connectivity index (χ2n) is 9.00. The SMILES string of the molecule is CC1=CC(CNC(=O)CCC(=O)O)C(C(C)C)CC1CC(=O)N1CCN(C)CC1. The maximum absolute atomic E-state index is 12.8. The average molecular weight is 408 g/mol. The van der Waals surface area contributed by atoms with Gasteiger partial charge in [-0.2, -0.15) is 0 Å². The van der Waals surface area contributed by atoms with Gasteiger partial charge >= 0.3 is 5.97 Å². The van der Waals surface area contributed by atoms with Crippen LogP contribution in [-0.2, 0) is 14.4 Å². The Morgan fingerprint density at radius 3 is 2.41 bits per heavy atom. The van der Waals surface area contributed by atoms with Crippen LogP contribution in [0.15, 0.2) is 11.6 Å². The van der Waals surface area contributed by atoms with Crippen molar-refractivity contribution < 1.29 is 19.5 Å². The summed E-state index contributed by atoms with van der Waals surface area (Å²) in [4.78, 5) is 39.6. The molecule has 0 spiro atoms. The van der Waals surface area contributed by atoms with Gasteiger partial charge in [0, 0.05) is 45.6 Å². The highest BCUT2D eigenvalue weighted by Gasteiger charge is 2.33. The van der Waals surface area contributed by atoms with Gasteiger partial charge in [-0.05, 0) is 44.1 Å². The van der Waals surface area contributed by atoms with Gasteiger partial charge in [0.25, 0.3) is 0 Å². The summed E-state index contributed by atoms with van der Waals surface area (Å²) in [6.45, 7) is 10.5. The van der Waals surface area contributed by atoms with Gasteiger partial charge in [0.2, 0.25) is 11.8 Å². The van der Waals surface area contributed by atoms with Gasteiger partial charge in [-0.1, -0.05) is 25.5 Å². The number of carbonyl (C=O) groups excluding carboxylic acids is 2. The number of aliphatic carboxylic acids is 1. The zero-order chi connectivity index (χ0) is 21.6. The summed E-state index contributed by atoms with van der Waals surface area (Å²) in [7, 11) is 2.09. The molecule has 0 aromatic rings. The van der Waals surface area contributed by atoms with Crippen LogP contribution in [-0.4, -0.2) is 72.5 Å². The number of likely N-dealkylation sites (N-methyl/N-ethyl adjacent to an activating group) is 1. The van der Waals surface area contributed by atoms with Crippen molar-refractivity contribution in [1.82, 2.24) is 15.1 Å². The molecule has 0 aromatic carbocycles. The third kappa shape index (κ3) is 7.14. The zero-order valence-corrected chi connectivity index (χ0v) is 18.3. The van der Waals surface area contributed by atoms with Gasteiger partial charge in [0.05, 0.1) is 6.42 Å². The van der Waals surface area contributed by atoms with Gasteiger partial charge in [0.1, 0.15) is 0 Å². The predicted molar refractivity (Wildman–Crippen MR) is 112 cm³/mol. The Balaban J connectivity index is 1.94. The Hall–Kier alpha value is -1.89. The number of carboxylic acid groups (broad SMARTS) is 1. The van der Waals surface area contributed by atoms with Crippen LogP contribution >= 0.6 is 0 Å². The quantitative estimate of drug-likeness (QED) is 0.601. The lowest BCUT2D eigenvalue weighted by Gasteiger charge is -2.38. The summed E-state index contributed by atoms with van der Waals surface area (Å²) in [6, 6.07) is 0. The Morgan fingerprint density at radius 2 is 1.83 bits per heavy atom. The fraction of sp³-hybridized carbons (Fsp3) is 0.773. The first-order valence-corrected chi connectivity index (χ1v) is 10.8. The Bertz CT molecular complexity index is 624. The number of rotatable bonds is 8. The number of carboxylic acids is 1. The highest BCUT2D eigenvalue weighted by atomic mass is 16.4. The number of carbonyl (C=O) groups is 3. The molecule has 29 heavy (non-hydrogen) atoms. The first-order valence-electron chi connectivity index (χ1n) is 10.8. The fourth-order valence-corrected chi connectivity index (χ4v) is 4.44. The highest BCUT2D eigenvalue weighted by Crippen LogP contribution is 2.39. The van der Waals surface area contributed by atoms with Gasteiger partial charge < -0.3 is 20.2 Å². The Kier molecular flexibility index (Phi) is 8.68. The lowest BCUT2D eigenvalue weighted by molar-refractivity contribution is -0.139. The van der Waals surface area contributed by atoms with E-state index in [0.717, 1.165) is 32.6 Å². The molecule has 2 N–H and O–H groups in total. The summed E-state index contributed by atoms with van der Waals surface area (Å²) in [5, 5.41) is 11.6. The lowest BCUT2D eigenvalue weighted by Crippen LogP contribution is -2.47. The van der Waals surface area contributed by atoms with Crippen molar-refractivity contribution in [3.8, 4) is 0 Å². The van der Waals surface area contributed by atoms with Crippen molar-refractivity contribution in [3.63, 3.8) is 0 Å². The van der Waals surface area contributed by atoms with Crippen LogP contribution in [0.4, 0.5) is 0 Å². The molecular weight excluding hydrogens is 370 g/mol. The van der Waals surface area contributed by atoms with Crippen molar-refractivity contribution in [3.05, 3.63) is 11.6 Å². The molecule has 1 heterocycles. The average Bonchev–Trinajstić information content (AvgIpc) is 2.66. The number of hydrogen-bond donors (Lipinski definition) is 2. The summed E-state index contributed by atoms with van der Waals surface area (Å²) < 4.78 is 0. The van der Waals surface area contributed by atoms with Crippen molar-refractivity contribution in [2.75, 3.05) is 39.8 Å². The second-order valence-corrected chi connectivity index (χ2v) is 9.00. The lowest BCUT2D eigenvalue weighted by atomic mass is 9.69. The molecule has 3 atom stereocenters. The largest absolute Gasteiger partial charge is 0.481 e. The molecule has 2 amide bonds. The number of allylic oxidation sites excluding steroid dienone is 1. The molecule has 0 bridgehead atoms. The highest BCUT2D eigenvalue weighted by molar-refractivity contribution is 5.80. The minimum atomic E-state index is -0.957. The third-order valence-corrected chi connectivity index (χ3v) is 6.46. The summed E-state index contributed by atoms with van der Waals surface area (Å²) in [5.41, 5.74) is 1.23. The van der Waals surface area contributed by atoms with Crippen LogP contribution in [0.5, 0.6) is 0 Å². The smallest absolute Gasteiger partial charge is 0.303 e. The van der Waals surface area contributed by atoms with Gasteiger partial charge in [-0.25, -0.2) is 0 Å². The van der Waals surface area contributed by atoms with Crippen molar-refractivity contribution in [1.29, 1.82) is 0 Å². The monoisotopic (exact) mass is 407 g/mol. The van der Waals surface area contributed by atoms with E-state index in [1.54, 1.807) is 0 Å². The maximum atomic E-state index is 12.8. The zero-order valence-electron chi connectivity index (χ0n) is 18.3. The van der Waals surface area contributed by atoms with E-state index < -0.39 is 5.97 Å². The molecule has 7 heteroatoms. The van der Waals surface area contributed by atoms with E-state index in [0.29, 0.717) is 24.8 Å². The molecule has 3 unspecified atom stereocenters. The minimum Gasteiger partial charge on any atom is -0.481 e. The number of nitrogens with zero attached hydrogens (tertiary/aromatic N) is 2. The molecule has 0 aromatic heterocycles. The van der Waals surface area contributed by atoms with Crippen LogP contribution in [0.1, 0.15) is 46.5 Å². The number of amides is 2. The molecule has 0 saturated carbocycles. The van der Waals surface area contributed by atoms with Crippen LogP contribution in [0.2, 0.25) is 0 Å². The third-order valence-electron chi connectivity index (χ3n) is 6.46. The molecule has 1 aliphatic carbocycles. The van der Waals surface area contributed by atoms with Crippen molar-refractivity contribution >= 4 is 17.8 Å². The maximum Gasteiger partial charge on any atom is 0.303 e. The first kappa shape index (κ1) is 23.4. The van der Waals surface area contributed by atoms with Gasteiger partial charge in [-0.15, -0.1) is 0 Å². The number of hydrogen-bond acceptors (Lipinski definition) is 4. The summed E-state index contributed by atoms with van der Waals surface area (Å²) in [5.74, 6) is 0.395. The van der Waals surface area contributed by atoms with E-state index in [1.165, 1.54) is 5.57 Å². The molecule has 164 valence electrons. The standard InChI is InChI=1S/C22H37N3O4/c1-15(2)19-12-17(13-21(27)25-9-7-24(4)8-10-25)16(3)11-18(19)14-23-20(26)5-6-22(28)29/h11,15,17-19H,5-10,12-14H2,1-4H3,(H,23,26)(H,28,29). The van der Waals surface area contributed by atoms with Crippen molar-refractivity contribution in [2.24, 2.45) is 23.7 Å². The van der Waals surface area contributed by atoms with Gasteiger partial charge in [0.15, 0.2) is 0 Å². The Morgan fingerprint density at radius 1 is 1.17 bits per heavy atom. The molecule has 1 aliphatic heterocycles. The number of nitrogens with one attached hydrogen (secondary N) is 1. The van der Waals surface area contributed by atoms with Crippen LogP contribution in [0, 0.1) is 23.7 Å². The van der Waals surface area contributed by atoms with E-state index in [-0.39, 0.29) is 36.5 Å². The normalized spacial score (nSPS) is 25.6. The molecule has 1 saturated heterocycles. The van der Waals surface area contributed by atoms with Crippen LogP contribution in [0.3, 0.4) is 0 Å². The van der Waals surface area contributed by atoms with Crippen LogP contribution in [0.25, 0.3) is 0 Å². The van der Waals surface area contributed by atoms with Crippen molar-refractivity contribution in [2.45, 2.75) is 46.5 Å². The molecule has 0 radical (unpaired) electrons.